The van der Waals surface area contributed by atoms with E-state index >= 15 is 4.39 Å². The summed E-state index contributed by atoms with van der Waals surface area (Å²) in [5, 5.41) is 17.4. The van der Waals surface area contributed by atoms with E-state index in [1.807, 2.05) is 89.6 Å². The molecule has 0 bridgehead atoms. The third kappa shape index (κ3) is 7.02. The molecule has 1 amide bonds. The van der Waals surface area contributed by atoms with Crippen LogP contribution in [0.3, 0.4) is 0 Å². The quantitative estimate of drug-likeness (QED) is 0.136. The van der Waals surface area contributed by atoms with E-state index in [1.54, 1.807) is 54.9 Å². The summed E-state index contributed by atoms with van der Waals surface area (Å²) in [5.41, 5.74) is 9.19. The number of para-hydroxylation sites is 1. The third-order valence-corrected chi connectivity index (χ3v) is 9.62. The first-order valence-corrected chi connectivity index (χ1v) is 17.9. The maximum Gasteiger partial charge on any atom is 0.337 e. The lowest BCUT2D eigenvalue weighted by molar-refractivity contribution is -0.147. The average molecular weight is 744 g/mol. The standard InChI is InChI=1S/C38H30FN5O.C8H8O3/c1-37(40)36(45)44(33-24-14-12-22-31(33)35(42-37)30-21-11-13-23-32(30)39)34-25-43(26-41-34)38(27-15-5-2-6-16-27,28-17-7-3-8-18-28)29-19-9-4-10-20-29;9-7(8(10)11)6-4-2-1-3-5-6/h2-26H,40H2,1H3;1-5,7,9H,(H,10,11)/t37-;7-/m00/s1. The molecule has 2 heterocycles. The van der Waals surface area contributed by atoms with E-state index in [1.165, 1.54) is 17.9 Å². The van der Waals surface area contributed by atoms with Crippen molar-refractivity contribution < 1.29 is 24.2 Å². The molecule has 1 aliphatic rings. The fourth-order valence-corrected chi connectivity index (χ4v) is 7.01. The molecular weight excluding hydrogens is 706 g/mol. The molecule has 2 atom stereocenters. The van der Waals surface area contributed by atoms with Gasteiger partial charge in [-0.15, -0.1) is 0 Å². The number of aromatic nitrogens is 2. The molecule has 8 rings (SSSR count). The molecule has 278 valence electrons. The van der Waals surface area contributed by atoms with Crippen LogP contribution < -0.4 is 10.6 Å². The number of carboxylic acid groups (broad SMARTS) is 1. The number of nitrogens with zero attached hydrogens (tertiary/aromatic N) is 4. The number of carboxylic acids is 1. The molecule has 0 fully saturated rings. The predicted octanol–water partition coefficient (Wildman–Crippen LogP) is 7.86. The zero-order valence-corrected chi connectivity index (χ0v) is 30.4. The highest BCUT2D eigenvalue weighted by Gasteiger charge is 2.42. The van der Waals surface area contributed by atoms with E-state index < -0.39 is 35.0 Å². The molecular formula is C46H38FN5O4. The highest BCUT2D eigenvalue weighted by molar-refractivity contribution is 6.22. The van der Waals surface area contributed by atoms with Crippen LogP contribution in [0.5, 0.6) is 0 Å². The van der Waals surface area contributed by atoms with Crippen LogP contribution in [0.25, 0.3) is 0 Å². The number of carbonyl (C=O) groups excluding carboxylic acids is 1. The highest BCUT2D eigenvalue weighted by atomic mass is 19.1. The van der Waals surface area contributed by atoms with Crippen molar-refractivity contribution in [2.24, 2.45) is 10.7 Å². The van der Waals surface area contributed by atoms with Crippen LogP contribution >= 0.6 is 0 Å². The molecule has 6 aromatic carbocycles. The summed E-state index contributed by atoms with van der Waals surface area (Å²) in [4.78, 5) is 35.6. The third-order valence-electron chi connectivity index (χ3n) is 9.62. The first-order chi connectivity index (χ1) is 27.1. The molecule has 7 aromatic rings. The van der Waals surface area contributed by atoms with Crippen molar-refractivity contribution in [2.45, 2.75) is 24.2 Å². The molecule has 4 N–H and O–H groups in total. The Bertz CT molecular complexity index is 2390. The summed E-state index contributed by atoms with van der Waals surface area (Å²) < 4.78 is 17.2. The fraction of sp³-hybridized carbons (Fsp3) is 0.0870. The van der Waals surface area contributed by atoms with Crippen LogP contribution in [0.15, 0.2) is 187 Å². The topological polar surface area (TPSA) is 134 Å². The number of aliphatic hydroxyl groups is 1. The Morgan fingerprint density at radius 3 is 1.70 bits per heavy atom. The molecule has 0 saturated carbocycles. The van der Waals surface area contributed by atoms with Crippen molar-refractivity contribution in [1.82, 2.24) is 9.55 Å². The van der Waals surface area contributed by atoms with E-state index in [2.05, 4.69) is 41.4 Å². The van der Waals surface area contributed by atoms with E-state index in [9.17, 15) is 9.59 Å². The number of hydrogen-bond donors (Lipinski definition) is 3. The Morgan fingerprint density at radius 1 is 0.714 bits per heavy atom. The smallest absolute Gasteiger partial charge is 0.337 e. The normalized spacial score (nSPS) is 15.8. The van der Waals surface area contributed by atoms with Gasteiger partial charge in [-0.3, -0.25) is 20.4 Å². The van der Waals surface area contributed by atoms with Crippen molar-refractivity contribution in [3.8, 4) is 0 Å². The number of benzodiazepines with no additional fused rings is 1. The zero-order chi connectivity index (χ0) is 39.3. The van der Waals surface area contributed by atoms with Crippen LogP contribution in [0.2, 0.25) is 0 Å². The van der Waals surface area contributed by atoms with Crippen molar-refractivity contribution in [3.63, 3.8) is 0 Å². The van der Waals surface area contributed by atoms with Gasteiger partial charge in [-0.2, -0.15) is 0 Å². The maximum absolute atomic E-state index is 15.2. The Kier molecular flexibility index (Phi) is 10.5. The van der Waals surface area contributed by atoms with Gasteiger partial charge in [-0.1, -0.05) is 152 Å². The monoisotopic (exact) mass is 743 g/mol. The predicted molar refractivity (Wildman–Crippen MR) is 214 cm³/mol. The Labute approximate surface area is 323 Å². The van der Waals surface area contributed by atoms with E-state index in [0.29, 0.717) is 28.3 Å². The van der Waals surface area contributed by atoms with Gasteiger partial charge in [0.2, 0.25) is 0 Å². The van der Waals surface area contributed by atoms with Crippen LogP contribution in [0, 0.1) is 5.82 Å². The van der Waals surface area contributed by atoms with Gasteiger partial charge in [0, 0.05) is 11.1 Å². The molecule has 56 heavy (non-hydrogen) atoms. The second kappa shape index (κ2) is 15.8. The van der Waals surface area contributed by atoms with Gasteiger partial charge in [0.1, 0.15) is 11.4 Å². The van der Waals surface area contributed by atoms with Crippen molar-refractivity contribution in [2.75, 3.05) is 4.90 Å². The lowest BCUT2D eigenvalue weighted by Crippen LogP contribution is -2.50. The molecule has 9 nitrogen and oxygen atoms in total. The van der Waals surface area contributed by atoms with Gasteiger partial charge in [-0.25, -0.2) is 14.2 Å². The summed E-state index contributed by atoms with van der Waals surface area (Å²) in [6.45, 7) is 1.54. The average Bonchev–Trinajstić information content (AvgIpc) is 3.69. The minimum absolute atomic E-state index is 0.262. The van der Waals surface area contributed by atoms with Crippen molar-refractivity contribution in [1.29, 1.82) is 0 Å². The number of fused-ring (bicyclic) bond motifs is 1. The lowest BCUT2D eigenvalue weighted by atomic mass is 9.77. The Hall–Kier alpha value is -7.01. The number of aliphatic imine (C=N–C) groups is 1. The molecule has 1 aromatic heterocycles. The minimum atomic E-state index is -1.71. The van der Waals surface area contributed by atoms with E-state index in [4.69, 9.17) is 20.9 Å². The van der Waals surface area contributed by atoms with Gasteiger partial charge < -0.3 is 14.8 Å². The van der Waals surface area contributed by atoms with Crippen LogP contribution in [-0.2, 0) is 15.1 Å². The number of hydrogen-bond acceptors (Lipinski definition) is 6. The fourth-order valence-electron chi connectivity index (χ4n) is 7.01. The van der Waals surface area contributed by atoms with E-state index in [0.717, 1.165) is 16.7 Å². The summed E-state index contributed by atoms with van der Waals surface area (Å²) in [5.74, 6) is -1.81. The van der Waals surface area contributed by atoms with Gasteiger partial charge in [0.25, 0.3) is 5.91 Å². The Morgan fingerprint density at radius 2 is 1.18 bits per heavy atom. The van der Waals surface area contributed by atoms with Crippen molar-refractivity contribution >= 4 is 29.1 Å². The Balaban J connectivity index is 0.000000378. The molecule has 0 aliphatic carbocycles. The van der Waals surface area contributed by atoms with Gasteiger partial charge in [-0.05, 0) is 47.4 Å². The largest absolute Gasteiger partial charge is 0.479 e. The van der Waals surface area contributed by atoms with Gasteiger partial charge in [0.05, 0.1) is 23.9 Å². The minimum Gasteiger partial charge on any atom is -0.479 e. The number of halogens is 1. The lowest BCUT2D eigenvalue weighted by Gasteiger charge is -2.37. The van der Waals surface area contributed by atoms with E-state index in [-0.39, 0.29) is 5.56 Å². The number of imidazole rings is 1. The number of nitrogens with two attached hydrogens (primary N) is 1. The summed E-state index contributed by atoms with van der Waals surface area (Å²) in [6.07, 6.45) is 2.21. The highest BCUT2D eigenvalue weighted by Crippen LogP contribution is 2.43. The molecule has 10 heteroatoms. The number of carbonyl (C=O) groups is 2. The molecule has 0 spiro atoms. The van der Waals surface area contributed by atoms with Gasteiger partial charge in [0.15, 0.2) is 17.6 Å². The maximum atomic E-state index is 15.2. The van der Waals surface area contributed by atoms with Gasteiger partial charge >= 0.3 is 5.97 Å². The number of amides is 1. The second-order valence-corrected chi connectivity index (χ2v) is 13.3. The SMILES string of the molecule is C[C@]1(N)N=C(c2ccccc2F)c2ccccc2N(c2cn(C(c3ccccc3)(c3ccccc3)c3ccccc3)cn2)C1=O.O=C(O)[C@@H](O)c1ccccc1. The first kappa shape index (κ1) is 37.3. The van der Waals surface area contributed by atoms with Crippen LogP contribution in [0.4, 0.5) is 15.9 Å². The first-order valence-electron chi connectivity index (χ1n) is 17.9. The number of aliphatic hydroxyl groups excluding tert-OH is 1. The molecule has 1 aliphatic heterocycles. The molecule has 0 saturated heterocycles. The second-order valence-electron chi connectivity index (χ2n) is 13.3. The number of anilines is 2. The number of benzene rings is 6. The van der Waals surface area contributed by atoms with Crippen LogP contribution in [-0.4, -0.2) is 43.0 Å². The number of aliphatic carboxylic acids is 1. The number of rotatable bonds is 8. The van der Waals surface area contributed by atoms with Crippen molar-refractivity contribution in [3.05, 3.63) is 222 Å². The summed E-state index contributed by atoms with van der Waals surface area (Å²) in [6, 6.07) is 52.6. The summed E-state index contributed by atoms with van der Waals surface area (Å²) in [7, 11) is 0. The van der Waals surface area contributed by atoms with Crippen LogP contribution in [0.1, 0.15) is 46.4 Å². The zero-order valence-electron chi connectivity index (χ0n) is 30.4. The molecule has 0 unspecified atom stereocenters. The molecule has 0 radical (unpaired) electrons. The summed E-state index contributed by atoms with van der Waals surface area (Å²) >= 11 is 0.